The lowest BCUT2D eigenvalue weighted by Crippen LogP contribution is -2.37. The van der Waals surface area contributed by atoms with Gasteiger partial charge in [-0.2, -0.15) is 0 Å². The number of primary amides is 1. The SMILES string of the molecule is C.C.CS(=O)(=O)Nc1ccc(-c2csc(NC(=O)N(CCCC(=O)O)CCC(c3ccccc3)c3ccccc3)n2)cc1.CS(=O)(=O)Nc1ccc(-c2csc(NC(=O)N(CCCC(N)=O)CCC(c3ccccc3)c3ccccc3)n2)cc1. The molecule has 8 aromatic rings. The van der Waals surface area contributed by atoms with Gasteiger partial charge in [0.05, 0.1) is 23.9 Å². The Kier molecular flexibility index (Phi) is 25.6. The minimum absolute atomic E-state index is 0. The van der Waals surface area contributed by atoms with Crippen LogP contribution in [0.3, 0.4) is 0 Å². The van der Waals surface area contributed by atoms with Crippen molar-refractivity contribution in [1.29, 1.82) is 0 Å². The lowest BCUT2D eigenvalue weighted by molar-refractivity contribution is -0.137. The standard InChI is InChI=1S/C30H33N5O4S2.C30H32N4O5S2.2CH4/c1-41(38,39)34-25-16-14-24(15-17-25)27-21-40-29(32-27)33-30(37)35(19-8-13-28(31)36)20-18-26(22-9-4-2-5-10-22)23-11-6-3-7-12-23;1-41(38,39)33-25-16-14-24(15-17-25)27-21-40-29(31-27)32-30(37)34(19-8-13-28(35)36)20-18-26(22-9-4-2-5-10-22)23-11-6-3-7-12-23;;/h2-7,9-12,14-17,21,26,34H,8,13,18-20H2,1H3,(H2,31,36)(H,32,33,37);2-7,9-12,14-17,21,26,33H,8,13,18-20H2,1H3,(H,35,36)(H,31,32,37);2*1H4. The summed E-state index contributed by atoms with van der Waals surface area (Å²) in [6.45, 7) is 1.55. The number of amides is 5. The number of anilines is 4. The molecule has 0 unspecified atom stereocenters. The van der Waals surface area contributed by atoms with Gasteiger partial charge in [0.15, 0.2) is 10.3 Å². The average Bonchev–Trinajstić information content (AvgIpc) is 4.19. The molecular weight excluding hydrogens is 1140 g/mol. The van der Waals surface area contributed by atoms with Crippen molar-refractivity contribution in [2.75, 3.05) is 58.8 Å². The molecule has 22 heteroatoms. The normalized spacial score (nSPS) is 11.0. The van der Waals surface area contributed by atoms with Crippen molar-refractivity contribution < 1.29 is 41.1 Å². The Bertz CT molecular complexity index is 3240. The molecule has 0 bridgehead atoms. The van der Waals surface area contributed by atoms with Crippen molar-refractivity contribution >= 4 is 88.3 Å². The maximum Gasteiger partial charge on any atom is 0.323 e. The second kappa shape index (κ2) is 32.4. The van der Waals surface area contributed by atoms with Crippen LogP contribution in [0.25, 0.3) is 22.5 Å². The maximum atomic E-state index is 13.4. The zero-order valence-corrected chi connectivity index (χ0v) is 48.5. The molecule has 0 saturated heterocycles. The van der Waals surface area contributed by atoms with Crippen molar-refractivity contribution in [3.8, 4) is 22.5 Å². The highest BCUT2D eigenvalue weighted by Crippen LogP contribution is 2.32. The molecule has 18 nitrogen and oxygen atoms in total. The first kappa shape index (κ1) is 66.4. The summed E-state index contributed by atoms with van der Waals surface area (Å²) in [6.07, 6.45) is 4.48. The summed E-state index contributed by atoms with van der Waals surface area (Å²) in [6, 6.07) is 53.6. The van der Waals surface area contributed by atoms with E-state index in [2.05, 4.69) is 78.6 Å². The van der Waals surface area contributed by atoms with Crippen LogP contribution >= 0.6 is 22.7 Å². The zero-order valence-electron chi connectivity index (χ0n) is 45.3. The summed E-state index contributed by atoms with van der Waals surface area (Å²) in [7, 11) is -6.74. The Morgan fingerprint density at radius 2 is 0.821 bits per heavy atom. The summed E-state index contributed by atoms with van der Waals surface area (Å²) in [4.78, 5) is 61.7. The predicted molar refractivity (Wildman–Crippen MR) is 341 cm³/mol. The minimum atomic E-state index is -3.37. The van der Waals surface area contributed by atoms with Gasteiger partial charge >= 0.3 is 18.0 Å². The molecule has 8 rings (SSSR count). The van der Waals surface area contributed by atoms with Crippen molar-refractivity contribution in [2.45, 2.75) is 65.2 Å². The molecule has 0 radical (unpaired) electrons. The molecule has 444 valence electrons. The second-order valence-corrected chi connectivity index (χ2v) is 24.4. The Labute approximate surface area is 501 Å². The van der Waals surface area contributed by atoms with Crippen molar-refractivity contribution in [3.63, 3.8) is 0 Å². The van der Waals surface area contributed by atoms with Crippen LogP contribution < -0.4 is 25.8 Å². The number of aliphatic carboxylic acids is 1. The van der Waals surface area contributed by atoms with E-state index in [1.54, 1.807) is 58.3 Å². The van der Waals surface area contributed by atoms with Gasteiger partial charge in [-0.05, 0) is 72.2 Å². The fourth-order valence-electron chi connectivity index (χ4n) is 8.97. The topological polar surface area (TPSA) is 263 Å². The van der Waals surface area contributed by atoms with Crippen molar-refractivity contribution in [2.24, 2.45) is 5.73 Å². The molecule has 0 spiro atoms. The lowest BCUT2D eigenvalue weighted by Gasteiger charge is -2.26. The van der Waals surface area contributed by atoms with Gasteiger partial charge in [0.1, 0.15) is 0 Å². The number of nitrogens with two attached hydrogens (primary N) is 1. The largest absolute Gasteiger partial charge is 0.481 e. The van der Waals surface area contributed by atoms with Gasteiger partial charge in [-0.3, -0.25) is 29.7 Å². The number of carboxylic acids is 1. The number of carboxylic acid groups (broad SMARTS) is 1. The van der Waals surface area contributed by atoms with Gasteiger partial charge in [0.25, 0.3) is 0 Å². The van der Waals surface area contributed by atoms with E-state index >= 15 is 0 Å². The van der Waals surface area contributed by atoms with E-state index in [9.17, 15) is 36.0 Å². The van der Waals surface area contributed by atoms with E-state index in [1.165, 1.54) is 33.8 Å². The summed E-state index contributed by atoms with van der Waals surface area (Å²) in [5.74, 6) is -1.15. The van der Waals surface area contributed by atoms with Gasteiger partial charge < -0.3 is 20.6 Å². The smallest absolute Gasteiger partial charge is 0.323 e. The average molecular weight is 1220 g/mol. The molecule has 84 heavy (non-hydrogen) atoms. The maximum absolute atomic E-state index is 13.4. The quantitative estimate of drug-likeness (QED) is 0.0297. The number of nitrogens with zero attached hydrogens (tertiary/aromatic N) is 4. The first-order chi connectivity index (χ1) is 39.4. The van der Waals surface area contributed by atoms with Crippen LogP contribution in [0.1, 0.15) is 87.5 Å². The Balaban J connectivity index is 0.000000300. The first-order valence-corrected chi connectivity index (χ1v) is 31.8. The van der Waals surface area contributed by atoms with E-state index in [1.807, 2.05) is 83.6 Å². The van der Waals surface area contributed by atoms with Gasteiger partial charge in [0.2, 0.25) is 26.0 Å². The minimum Gasteiger partial charge on any atom is -0.481 e. The molecule has 0 aliphatic carbocycles. The Hall–Kier alpha value is -8.44. The number of benzene rings is 6. The van der Waals surface area contributed by atoms with E-state index in [0.29, 0.717) is 84.9 Å². The first-order valence-electron chi connectivity index (χ1n) is 26.2. The molecule has 0 aliphatic rings. The number of sulfonamides is 2. The molecule has 5 amide bonds. The number of carbonyl (C=O) groups excluding carboxylic acids is 3. The number of hydrogen-bond acceptors (Lipinski definition) is 12. The number of carbonyl (C=O) groups is 4. The zero-order chi connectivity index (χ0) is 58.5. The Morgan fingerprint density at radius 3 is 1.12 bits per heavy atom. The van der Waals surface area contributed by atoms with Crippen LogP contribution in [0.5, 0.6) is 0 Å². The number of urea groups is 2. The molecule has 0 fully saturated rings. The molecule has 0 atom stereocenters. The second-order valence-electron chi connectivity index (χ2n) is 19.2. The van der Waals surface area contributed by atoms with Crippen molar-refractivity contribution in [3.05, 3.63) is 203 Å². The summed E-state index contributed by atoms with van der Waals surface area (Å²) < 4.78 is 50.7. The number of hydrogen-bond donors (Lipinski definition) is 6. The molecule has 0 saturated carbocycles. The monoisotopic (exact) mass is 1220 g/mol. The van der Waals surface area contributed by atoms with Crippen LogP contribution in [-0.4, -0.2) is 104 Å². The summed E-state index contributed by atoms with van der Waals surface area (Å²) in [5.41, 5.74) is 13.7. The van der Waals surface area contributed by atoms with Crippen LogP contribution in [0.4, 0.5) is 31.2 Å². The highest BCUT2D eigenvalue weighted by molar-refractivity contribution is 7.92. The third-order valence-electron chi connectivity index (χ3n) is 12.8. The summed E-state index contributed by atoms with van der Waals surface area (Å²) in [5, 5.41) is 19.4. The number of thiazole rings is 2. The van der Waals surface area contributed by atoms with Gasteiger partial charge in [-0.1, -0.05) is 160 Å². The molecule has 2 aromatic heterocycles. The molecule has 2 heterocycles. The highest BCUT2D eigenvalue weighted by Gasteiger charge is 2.23. The van der Waals surface area contributed by atoms with E-state index in [4.69, 9.17) is 10.8 Å². The third-order valence-corrected chi connectivity index (χ3v) is 15.6. The van der Waals surface area contributed by atoms with Crippen LogP contribution in [0, 0.1) is 0 Å². The van der Waals surface area contributed by atoms with E-state index in [-0.39, 0.29) is 51.6 Å². The fourth-order valence-corrected chi connectivity index (χ4v) is 11.5. The van der Waals surface area contributed by atoms with Crippen LogP contribution in [0.2, 0.25) is 0 Å². The van der Waals surface area contributed by atoms with Crippen molar-refractivity contribution in [1.82, 2.24) is 19.8 Å². The lowest BCUT2D eigenvalue weighted by atomic mass is 9.88. The molecule has 7 N–H and O–H groups in total. The molecule has 6 aromatic carbocycles. The predicted octanol–water partition coefficient (Wildman–Crippen LogP) is 12.9. The van der Waals surface area contributed by atoms with Gasteiger partial charge in [0, 0.05) is 84.1 Å². The van der Waals surface area contributed by atoms with E-state index in [0.717, 1.165) is 34.8 Å². The molecular formula is C62H73N9O9S4. The molecule has 0 aliphatic heterocycles. The van der Waals surface area contributed by atoms with Crippen LogP contribution in [0.15, 0.2) is 181 Å². The van der Waals surface area contributed by atoms with E-state index < -0.39 is 31.9 Å². The number of nitrogens with one attached hydrogen (secondary N) is 4. The van der Waals surface area contributed by atoms with Gasteiger partial charge in [-0.15, -0.1) is 22.7 Å². The summed E-state index contributed by atoms with van der Waals surface area (Å²) >= 11 is 2.57. The van der Waals surface area contributed by atoms with Crippen LogP contribution in [-0.2, 0) is 29.6 Å². The Morgan fingerprint density at radius 1 is 0.500 bits per heavy atom. The number of aromatic nitrogens is 2. The third kappa shape index (κ3) is 21.7. The van der Waals surface area contributed by atoms with Gasteiger partial charge in [-0.25, -0.2) is 36.4 Å². The highest BCUT2D eigenvalue weighted by atomic mass is 32.2. The number of rotatable bonds is 26. The fraction of sp³-hybridized carbons (Fsp3) is 0.258.